The molecule has 0 radical (unpaired) electrons. The van der Waals surface area contributed by atoms with Crippen LogP contribution in [0.15, 0.2) is 17.1 Å². The quantitative estimate of drug-likeness (QED) is 0.697. The number of anilines is 1. The Labute approximate surface area is 87.6 Å². The van der Waals surface area contributed by atoms with Gasteiger partial charge in [0.1, 0.15) is 5.82 Å². The Hall–Kier alpha value is -1.36. The van der Waals surface area contributed by atoms with E-state index in [0.29, 0.717) is 0 Å². The maximum atomic E-state index is 11.5. The standard InChI is InChI=1S/C10H15N3O2/c11-9-5-6-13(10(15)12-9)7-3-1-2-4-8(7)14/h5-8,14H,1-4H2,(H2,11,12,15)/t7-,8-/m1/s1. The van der Waals surface area contributed by atoms with Crippen LogP contribution in [-0.2, 0) is 0 Å². The zero-order valence-corrected chi connectivity index (χ0v) is 8.47. The molecule has 15 heavy (non-hydrogen) atoms. The Kier molecular flexibility index (Phi) is 2.73. The summed E-state index contributed by atoms with van der Waals surface area (Å²) >= 11 is 0. The van der Waals surface area contributed by atoms with Gasteiger partial charge in [0.2, 0.25) is 0 Å². The van der Waals surface area contributed by atoms with Crippen molar-refractivity contribution in [2.75, 3.05) is 5.73 Å². The summed E-state index contributed by atoms with van der Waals surface area (Å²) in [6, 6.07) is 1.45. The first kappa shape index (κ1) is 10.2. The van der Waals surface area contributed by atoms with Gasteiger partial charge in [0, 0.05) is 6.20 Å². The van der Waals surface area contributed by atoms with E-state index in [-0.39, 0.29) is 17.5 Å². The second-order valence-electron chi connectivity index (χ2n) is 3.96. The molecule has 1 aromatic rings. The van der Waals surface area contributed by atoms with Crippen molar-refractivity contribution >= 4 is 5.82 Å². The lowest BCUT2D eigenvalue weighted by Gasteiger charge is -2.28. The molecule has 1 saturated carbocycles. The van der Waals surface area contributed by atoms with E-state index >= 15 is 0 Å². The Morgan fingerprint density at radius 2 is 2.20 bits per heavy atom. The fraction of sp³-hybridized carbons (Fsp3) is 0.600. The highest BCUT2D eigenvalue weighted by molar-refractivity contribution is 5.23. The van der Waals surface area contributed by atoms with Crippen LogP contribution in [0.2, 0.25) is 0 Å². The Morgan fingerprint density at radius 3 is 2.87 bits per heavy atom. The van der Waals surface area contributed by atoms with Crippen LogP contribution in [0.1, 0.15) is 31.7 Å². The van der Waals surface area contributed by atoms with Gasteiger partial charge in [-0.15, -0.1) is 0 Å². The Balaban J connectivity index is 2.32. The van der Waals surface area contributed by atoms with Crippen LogP contribution in [0, 0.1) is 0 Å². The van der Waals surface area contributed by atoms with Crippen LogP contribution in [0.4, 0.5) is 5.82 Å². The molecule has 0 aliphatic heterocycles. The maximum absolute atomic E-state index is 11.5. The molecule has 82 valence electrons. The number of nitrogen functional groups attached to an aromatic ring is 1. The molecule has 0 aromatic carbocycles. The third-order valence-corrected chi connectivity index (χ3v) is 2.90. The van der Waals surface area contributed by atoms with Crippen molar-refractivity contribution < 1.29 is 5.11 Å². The van der Waals surface area contributed by atoms with E-state index in [0.717, 1.165) is 25.7 Å². The van der Waals surface area contributed by atoms with Crippen molar-refractivity contribution in [1.82, 2.24) is 9.55 Å². The van der Waals surface area contributed by atoms with Crippen LogP contribution < -0.4 is 11.4 Å². The molecule has 1 aromatic heterocycles. The van der Waals surface area contributed by atoms with Gasteiger partial charge in [0.15, 0.2) is 0 Å². The number of aliphatic hydroxyl groups excluding tert-OH is 1. The SMILES string of the molecule is Nc1ccn([C@@H]2CCCC[C@H]2O)c(=O)n1. The predicted octanol–water partition coefficient (Wildman–Crippen LogP) is 0.301. The van der Waals surface area contributed by atoms with E-state index in [1.54, 1.807) is 12.3 Å². The van der Waals surface area contributed by atoms with E-state index in [9.17, 15) is 9.90 Å². The first-order valence-corrected chi connectivity index (χ1v) is 5.21. The summed E-state index contributed by atoms with van der Waals surface area (Å²) in [5, 5.41) is 9.80. The van der Waals surface area contributed by atoms with Crippen molar-refractivity contribution in [3.05, 3.63) is 22.7 Å². The second-order valence-corrected chi connectivity index (χ2v) is 3.96. The molecular weight excluding hydrogens is 194 g/mol. The molecule has 1 heterocycles. The van der Waals surface area contributed by atoms with E-state index in [2.05, 4.69) is 4.98 Å². The highest BCUT2D eigenvalue weighted by Crippen LogP contribution is 2.27. The van der Waals surface area contributed by atoms with Gasteiger partial charge in [0.05, 0.1) is 12.1 Å². The van der Waals surface area contributed by atoms with Crippen molar-refractivity contribution in [3.8, 4) is 0 Å². The summed E-state index contributed by atoms with van der Waals surface area (Å²) in [4.78, 5) is 15.2. The normalized spacial score (nSPS) is 26.5. The van der Waals surface area contributed by atoms with E-state index in [1.807, 2.05) is 0 Å². The molecule has 0 bridgehead atoms. The minimum atomic E-state index is -0.443. The van der Waals surface area contributed by atoms with E-state index in [1.165, 1.54) is 4.57 Å². The van der Waals surface area contributed by atoms with Gasteiger partial charge in [0.25, 0.3) is 0 Å². The zero-order chi connectivity index (χ0) is 10.8. The van der Waals surface area contributed by atoms with Crippen LogP contribution in [0.5, 0.6) is 0 Å². The van der Waals surface area contributed by atoms with Crippen molar-refractivity contribution in [3.63, 3.8) is 0 Å². The van der Waals surface area contributed by atoms with Crippen molar-refractivity contribution in [1.29, 1.82) is 0 Å². The third-order valence-electron chi connectivity index (χ3n) is 2.90. The van der Waals surface area contributed by atoms with E-state index in [4.69, 9.17) is 5.73 Å². The van der Waals surface area contributed by atoms with Gasteiger partial charge in [-0.1, -0.05) is 12.8 Å². The van der Waals surface area contributed by atoms with Crippen molar-refractivity contribution in [2.24, 2.45) is 0 Å². The Bertz CT molecular complexity index is 402. The van der Waals surface area contributed by atoms with Gasteiger partial charge in [-0.3, -0.25) is 4.57 Å². The minimum Gasteiger partial charge on any atom is -0.391 e. The molecule has 1 aliphatic rings. The van der Waals surface area contributed by atoms with Gasteiger partial charge >= 0.3 is 5.69 Å². The molecular formula is C10H15N3O2. The molecule has 5 heteroatoms. The molecule has 0 unspecified atom stereocenters. The lowest BCUT2D eigenvalue weighted by molar-refractivity contribution is 0.0731. The van der Waals surface area contributed by atoms with Crippen LogP contribution in [0.3, 0.4) is 0 Å². The summed E-state index contributed by atoms with van der Waals surface area (Å²) in [5.74, 6) is 0.224. The smallest absolute Gasteiger partial charge is 0.349 e. The predicted molar refractivity (Wildman–Crippen MR) is 56.4 cm³/mol. The fourth-order valence-corrected chi connectivity index (χ4v) is 2.09. The van der Waals surface area contributed by atoms with Crippen LogP contribution >= 0.6 is 0 Å². The molecule has 2 atom stereocenters. The molecule has 1 fully saturated rings. The maximum Gasteiger partial charge on any atom is 0.349 e. The number of aliphatic hydroxyl groups is 1. The van der Waals surface area contributed by atoms with Gasteiger partial charge in [-0.2, -0.15) is 4.98 Å². The number of nitrogens with two attached hydrogens (primary N) is 1. The molecule has 5 nitrogen and oxygen atoms in total. The number of hydrogen-bond donors (Lipinski definition) is 2. The molecule has 0 amide bonds. The highest BCUT2D eigenvalue weighted by atomic mass is 16.3. The zero-order valence-electron chi connectivity index (χ0n) is 8.47. The highest BCUT2D eigenvalue weighted by Gasteiger charge is 2.25. The molecule has 2 rings (SSSR count). The first-order chi connectivity index (χ1) is 7.18. The largest absolute Gasteiger partial charge is 0.391 e. The van der Waals surface area contributed by atoms with Crippen LogP contribution in [-0.4, -0.2) is 20.8 Å². The lowest BCUT2D eigenvalue weighted by Crippen LogP contribution is -2.35. The van der Waals surface area contributed by atoms with Gasteiger partial charge in [-0.05, 0) is 18.9 Å². The van der Waals surface area contributed by atoms with Crippen LogP contribution in [0.25, 0.3) is 0 Å². The summed E-state index contributed by atoms with van der Waals surface area (Å²) in [5.41, 5.74) is 5.03. The number of rotatable bonds is 1. The molecule has 1 aliphatic carbocycles. The average Bonchev–Trinajstić information content (AvgIpc) is 2.20. The number of nitrogens with zero attached hydrogens (tertiary/aromatic N) is 2. The summed E-state index contributed by atoms with van der Waals surface area (Å²) in [7, 11) is 0. The third kappa shape index (κ3) is 2.02. The number of hydrogen-bond acceptors (Lipinski definition) is 4. The topological polar surface area (TPSA) is 81.1 Å². The van der Waals surface area contributed by atoms with Crippen molar-refractivity contribution in [2.45, 2.75) is 37.8 Å². The fourth-order valence-electron chi connectivity index (χ4n) is 2.09. The molecule has 0 saturated heterocycles. The summed E-state index contributed by atoms with van der Waals surface area (Å²) < 4.78 is 1.49. The minimum absolute atomic E-state index is 0.139. The monoisotopic (exact) mass is 209 g/mol. The lowest BCUT2D eigenvalue weighted by atomic mass is 9.92. The second kappa shape index (κ2) is 4.02. The van der Waals surface area contributed by atoms with Gasteiger partial charge < -0.3 is 10.8 Å². The first-order valence-electron chi connectivity index (χ1n) is 5.21. The summed E-state index contributed by atoms with van der Waals surface area (Å²) in [6.45, 7) is 0. The van der Waals surface area contributed by atoms with Gasteiger partial charge in [-0.25, -0.2) is 4.79 Å². The summed E-state index contributed by atoms with van der Waals surface area (Å²) in [6.07, 6.45) is 4.81. The Morgan fingerprint density at radius 1 is 1.47 bits per heavy atom. The average molecular weight is 209 g/mol. The number of aromatic nitrogens is 2. The van der Waals surface area contributed by atoms with E-state index < -0.39 is 6.10 Å². The molecule has 3 N–H and O–H groups in total. The molecule has 0 spiro atoms.